The number of aliphatic hydroxyl groups excluding tert-OH is 1. The summed E-state index contributed by atoms with van der Waals surface area (Å²) >= 11 is 0. The van der Waals surface area contributed by atoms with E-state index in [1.54, 1.807) is 12.1 Å². The van der Waals surface area contributed by atoms with Crippen LogP contribution in [0.2, 0.25) is 0 Å². The van der Waals surface area contributed by atoms with Crippen LogP contribution in [0.4, 0.5) is 5.69 Å². The predicted molar refractivity (Wildman–Crippen MR) is 101 cm³/mol. The van der Waals surface area contributed by atoms with Gasteiger partial charge < -0.3 is 14.6 Å². The fraction of sp³-hybridized carbons (Fsp3) is 0.300. The number of unbranched alkanes of at least 4 members (excludes halogenated alkanes) is 1. The van der Waals surface area contributed by atoms with E-state index in [1.807, 2.05) is 36.4 Å². The molecule has 2 rings (SSSR count). The van der Waals surface area contributed by atoms with Crippen LogP contribution >= 0.6 is 0 Å². The molecule has 0 aliphatic rings. The highest BCUT2D eigenvalue weighted by Gasteiger charge is 2.02. The van der Waals surface area contributed by atoms with Crippen molar-refractivity contribution in [2.45, 2.75) is 12.8 Å². The average Bonchev–Trinajstić information content (AvgIpc) is 2.67. The van der Waals surface area contributed by atoms with Crippen molar-refractivity contribution >= 4 is 17.8 Å². The standard InChI is InChI=1S/C20H23NO5/c22-13-1-2-14-25-15-16-26-20-11-7-18(8-12-20)4-3-17-5-9-19(10-6-17)21(23)24/h3-12,22H,1-2,13-16H2/b4-3+. The molecule has 1 N–H and O–H groups in total. The molecule has 6 nitrogen and oxygen atoms in total. The normalized spacial score (nSPS) is 11.0. The van der Waals surface area contributed by atoms with E-state index >= 15 is 0 Å². The molecule has 138 valence electrons. The topological polar surface area (TPSA) is 81.8 Å². The SMILES string of the molecule is O=[N+]([O-])c1ccc(/C=C/c2ccc(OCCOCCCCO)cc2)cc1. The van der Waals surface area contributed by atoms with Crippen LogP contribution in [0.1, 0.15) is 24.0 Å². The molecule has 0 aliphatic carbocycles. The van der Waals surface area contributed by atoms with E-state index in [0.29, 0.717) is 19.8 Å². The fourth-order valence-electron chi connectivity index (χ4n) is 2.21. The molecule has 0 amide bonds. The Kier molecular flexibility index (Phi) is 8.32. The molecule has 0 heterocycles. The van der Waals surface area contributed by atoms with Gasteiger partial charge in [0.1, 0.15) is 12.4 Å². The Hall–Kier alpha value is -2.70. The van der Waals surface area contributed by atoms with E-state index in [9.17, 15) is 10.1 Å². The molecule has 2 aromatic carbocycles. The lowest BCUT2D eigenvalue weighted by Crippen LogP contribution is -2.07. The molecule has 0 saturated carbocycles. The molecule has 0 aromatic heterocycles. The fourth-order valence-corrected chi connectivity index (χ4v) is 2.21. The van der Waals surface area contributed by atoms with Gasteiger partial charge in [0.2, 0.25) is 0 Å². The molecule has 0 radical (unpaired) electrons. The molecule has 26 heavy (non-hydrogen) atoms. The van der Waals surface area contributed by atoms with E-state index in [0.717, 1.165) is 29.7 Å². The average molecular weight is 357 g/mol. The number of hydrogen-bond donors (Lipinski definition) is 1. The van der Waals surface area contributed by atoms with E-state index < -0.39 is 4.92 Å². The van der Waals surface area contributed by atoms with Crippen molar-refractivity contribution in [1.82, 2.24) is 0 Å². The Balaban J connectivity index is 1.75. The number of nitro benzene ring substituents is 1. The summed E-state index contributed by atoms with van der Waals surface area (Å²) in [5, 5.41) is 19.3. The minimum atomic E-state index is -0.410. The van der Waals surface area contributed by atoms with Gasteiger partial charge >= 0.3 is 0 Å². The first-order valence-corrected chi connectivity index (χ1v) is 8.53. The summed E-state index contributed by atoms with van der Waals surface area (Å²) in [6, 6.07) is 14.1. The number of ether oxygens (including phenoxy) is 2. The summed E-state index contributed by atoms with van der Waals surface area (Å²) in [5.74, 6) is 0.774. The molecular formula is C20H23NO5. The second-order valence-electron chi connectivity index (χ2n) is 5.64. The van der Waals surface area contributed by atoms with Crippen LogP contribution in [0.5, 0.6) is 5.75 Å². The van der Waals surface area contributed by atoms with E-state index in [4.69, 9.17) is 14.6 Å². The molecule has 0 atom stereocenters. The lowest BCUT2D eigenvalue weighted by atomic mass is 10.1. The third kappa shape index (κ3) is 7.04. The zero-order chi connectivity index (χ0) is 18.6. The highest BCUT2D eigenvalue weighted by atomic mass is 16.6. The van der Waals surface area contributed by atoms with Crippen LogP contribution in [-0.4, -0.2) is 36.5 Å². The Bertz CT molecular complexity index is 695. The Morgan fingerprint density at radius 2 is 1.50 bits per heavy atom. The van der Waals surface area contributed by atoms with Crippen LogP contribution in [0, 0.1) is 10.1 Å². The monoisotopic (exact) mass is 357 g/mol. The van der Waals surface area contributed by atoms with Crippen molar-refractivity contribution in [1.29, 1.82) is 0 Å². The summed E-state index contributed by atoms with van der Waals surface area (Å²) in [7, 11) is 0. The lowest BCUT2D eigenvalue weighted by Gasteiger charge is -2.07. The first-order chi connectivity index (χ1) is 12.7. The van der Waals surface area contributed by atoms with Gasteiger partial charge in [0, 0.05) is 25.3 Å². The highest BCUT2D eigenvalue weighted by Crippen LogP contribution is 2.16. The predicted octanol–water partition coefficient (Wildman–Crippen LogP) is 3.93. The molecule has 0 fully saturated rings. The van der Waals surface area contributed by atoms with E-state index in [2.05, 4.69) is 0 Å². The van der Waals surface area contributed by atoms with Crippen LogP contribution in [-0.2, 0) is 4.74 Å². The number of hydrogen-bond acceptors (Lipinski definition) is 5. The molecule has 6 heteroatoms. The largest absolute Gasteiger partial charge is 0.491 e. The van der Waals surface area contributed by atoms with Gasteiger partial charge in [-0.3, -0.25) is 10.1 Å². The van der Waals surface area contributed by atoms with Crippen molar-refractivity contribution in [3.05, 3.63) is 69.8 Å². The number of aliphatic hydroxyl groups is 1. The van der Waals surface area contributed by atoms with Gasteiger partial charge in [-0.25, -0.2) is 0 Å². The van der Waals surface area contributed by atoms with E-state index in [1.165, 1.54) is 12.1 Å². The number of rotatable bonds is 11. The molecule has 0 spiro atoms. The van der Waals surface area contributed by atoms with Gasteiger partial charge in [0.15, 0.2) is 0 Å². The first-order valence-electron chi connectivity index (χ1n) is 8.53. The van der Waals surface area contributed by atoms with Crippen molar-refractivity contribution in [3.63, 3.8) is 0 Å². The number of nitro groups is 1. The zero-order valence-electron chi connectivity index (χ0n) is 14.5. The molecule has 0 unspecified atom stereocenters. The van der Waals surface area contributed by atoms with Gasteiger partial charge in [-0.05, 0) is 48.2 Å². The third-order valence-corrected chi connectivity index (χ3v) is 3.65. The maximum absolute atomic E-state index is 10.6. The van der Waals surface area contributed by atoms with Crippen LogP contribution in [0.25, 0.3) is 12.2 Å². The van der Waals surface area contributed by atoms with Gasteiger partial charge in [-0.1, -0.05) is 24.3 Å². The second-order valence-corrected chi connectivity index (χ2v) is 5.64. The number of nitrogens with zero attached hydrogens (tertiary/aromatic N) is 1. The molecular weight excluding hydrogens is 334 g/mol. The first kappa shape index (κ1) is 19.6. The third-order valence-electron chi connectivity index (χ3n) is 3.65. The lowest BCUT2D eigenvalue weighted by molar-refractivity contribution is -0.384. The Morgan fingerprint density at radius 1 is 0.885 bits per heavy atom. The van der Waals surface area contributed by atoms with Crippen molar-refractivity contribution < 1.29 is 19.5 Å². The maximum atomic E-state index is 10.6. The smallest absolute Gasteiger partial charge is 0.269 e. The molecule has 0 saturated heterocycles. The van der Waals surface area contributed by atoms with Crippen LogP contribution < -0.4 is 4.74 Å². The summed E-state index contributed by atoms with van der Waals surface area (Å²) in [6.07, 6.45) is 5.46. The van der Waals surface area contributed by atoms with Crippen molar-refractivity contribution in [2.24, 2.45) is 0 Å². The van der Waals surface area contributed by atoms with Crippen molar-refractivity contribution in [3.8, 4) is 5.75 Å². The quantitative estimate of drug-likeness (QED) is 0.285. The van der Waals surface area contributed by atoms with Crippen molar-refractivity contribution in [2.75, 3.05) is 26.4 Å². The Morgan fingerprint density at radius 3 is 2.08 bits per heavy atom. The summed E-state index contributed by atoms with van der Waals surface area (Å²) < 4.78 is 11.0. The zero-order valence-corrected chi connectivity index (χ0v) is 14.5. The molecule has 2 aromatic rings. The highest BCUT2D eigenvalue weighted by molar-refractivity contribution is 5.70. The van der Waals surface area contributed by atoms with Gasteiger partial charge in [-0.15, -0.1) is 0 Å². The van der Waals surface area contributed by atoms with Gasteiger partial charge in [0.05, 0.1) is 11.5 Å². The summed E-state index contributed by atoms with van der Waals surface area (Å²) in [4.78, 5) is 10.2. The summed E-state index contributed by atoms with van der Waals surface area (Å²) in [6.45, 7) is 1.84. The minimum absolute atomic E-state index is 0.0843. The van der Waals surface area contributed by atoms with Crippen LogP contribution in [0.15, 0.2) is 48.5 Å². The van der Waals surface area contributed by atoms with Gasteiger partial charge in [-0.2, -0.15) is 0 Å². The maximum Gasteiger partial charge on any atom is 0.269 e. The second kappa shape index (κ2) is 11.0. The summed E-state index contributed by atoms with van der Waals surface area (Å²) in [5.41, 5.74) is 1.99. The molecule has 0 aliphatic heterocycles. The molecule has 0 bridgehead atoms. The number of benzene rings is 2. The Labute approximate surface area is 152 Å². The van der Waals surface area contributed by atoms with E-state index in [-0.39, 0.29) is 12.3 Å². The van der Waals surface area contributed by atoms with Crippen LogP contribution in [0.3, 0.4) is 0 Å². The number of non-ortho nitro benzene ring substituents is 1. The minimum Gasteiger partial charge on any atom is -0.491 e. The van der Waals surface area contributed by atoms with Gasteiger partial charge in [0.25, 0.3) is 5.69 Å².